The van der Waals surface area contributed by atoms with E-state index in [0.717, 1.165) is 30.2 Å². The molecule has 0 spiro atoms. The van der Waals surface area contributed by atoms with E-state index in [1.807, 2.05) is 6.07 Å². The first-order valence-electron chi connectivity index (χ1n) is 6.40. The van der Waals surface area contributed by atoms with Crippen molar-refractivity contribution in [3.05, 3.63) is 35.6 Å². The van der Waals surface area contributed by atoms with Gasteiger partial charge in [0.1, 0.15) is 0 Å². The molecule has 0 radical (unpaired) electrons. The summed E-state index contributed by atoms with van der Waals surface area (Å²) in [5, 5.41) is 0. The summed E-state index contributed by atoms with van der Waals surface area (Å²) in [7, 11) is 0. The smallest absolute Gasteiger partial charge is 0.284 e. The second-order valence-corrected chi connectivity index (χ2v) is 5.18. The molecule has 0 bridgehead atoms. The van der Waals surface area contributed by atoms with Crippen molar-refractivity contribution in [2.45, 2.75) is 45.4 Å². The van der Waals surface area contributed by atoms with Crippen LogP contribution in [0.15, 0.2) is 18.2 Å². The monoisotopic (exact) mass is 304 g/mol. The Bertz CT molecular complexity index is 329. The third-order valence-corrected chi connectivity index (χ3v) is 3.85. The fraction of sp³-hybridized carbons (Fsp3) is 0.600. The van der Waals surface area contributed by atoms with E-state index in [4.69, 9.17) is 0 Å². The molecule has 0 N–H and O–H groups in total. The third kappa shape index (κ3) is 5.22. The van der Waals surface area contributed by atoms with E-state index in [1.54, 1.807) is 6.07 Å². The number of rotatable bonds is 3. The van der Waals surface area contributed by atoms with Crippen LogP contribution in [0.5, 0.6) is 0 Å². The van der Waals surface area contributed by atoms with Gasteiger partial charge in [0.15, 0.2) is 0 Å². The molecule has 2 heteroatoms. The zero-order valence-corrected chi connectivity index (χ0v) is 15.9. The quantitative estimate of drug-likeness (QED) is 0.740. The Labute approximate surface area is 153 Å². The van der Waals surface area contributed by atoms with Crippen molar-refractivity contribution in [2.24, 2.45) is 11.8 Å². The molecule has 0 heterocycles. The first-order chi connectivity index (χ1) is 7.75. The van der Waals surface area contributed by atoms with Crippen LogP contribution < -0.4 is 58.2 Å². The molecule has 1 saturated carbocycles. The van der Waals surface area contributed by atoms with Gasteiger partial charge < -0.3 is 0 Å². The van der Waals surface area contributed by atoms with E-state index in [-0.39, 0.29) is 64.0 Å². The summed E-state index contributed by atoms with van der Waals surface area (Å²) in [5.74, 6) is 1.63. The van der Waals surface area contributed by atoms with Gasteiger partial charge in [-0.15, -0.1) is 11.6 Å². The second-order valence-electron chi connectivity index (χ2n) is 5.18. The number of hydrogen-bond acceptors (Lipinski definition) is 0. The number of halogens is 1. The molecular formula is C15H20FRb. The maximum atomic E-state index is 13.4. The zero-order chi connectivity index (χ0) is 11.4. The Kier molecular flexibility index (Phi) is 7.71. The Balaban J connectivity index is 0.00000144. The van der Waals surface area contributed by atoms with Crippen LogP contribution in [-0.4, -0.2) is 0 Å². The molecule has 0 amide bonds. The molecule has 0 saturated heterocycles. The van der Waals surface area contributed by atoms with Gasteiger partial charge in [-0.25, -0.2) is 0 Å². The van der Waals surface area contributed by atoms with Crippen LogP contribution in [0.25, 0.3) is 0 Å². The van der Waals surface area contributed by atoms with Crippen LogP contribution in [-0.2, 0) is 6.42 Å². The summed E-state index contributed by atoms with van der Waals surface area (Å²) in [6.45, 7) is 2.34. The van der Waals surface area contributed by atoms with Gasteiger partial charge in [0.25, 0.3) is 0 Å². The van der Waals surface area contributed by atoms with Gasteiger partial charge in [0.05, 0.1) is 0 Å². The van der Waals surface area contributed by atoms with Crippen LogP contribution in [0.4, 0.5) is 4.39 Å². The van der Waals surface area contributed by atoms with Crippen LogP contribution in [0, 0.1) is 23.7 Å². The molecule has 1 aliphatic rings. The van der Waals surface area contributed by atoms with Gasteiger partial charge in [-0.3, -0.25) is 4.39 Å². The van der Waals surface area contributed by atoms with Crippen molar-refractivity contribution in [2.75, 3.05) is 0 Å². The van der Waals surface area contributed by atoms with Crippen molar-refractivity contribution >= 4 is 0 Å². The molecule has 1 aromatic carbocycles. The van der Waals surface area contributed by atoms with Crippen LogP contribution in [0.2, 0.25) is 0 Å². The summed E-state index contributed by atoms with van der Waals surface area (Å²) in [6, 6.07) is 7.88. The molecule has 0 nitrogen and oxygen atoms in total. The Morgan fingerprint density at radius 2 is 2.00 bits per heavy atom. The van der Waals surface area contributed by atoms with Crippen molar-refractivity contribution in [1.82, 2.24) is 0 Å². The largest absolute Gasteiger partial charge is 1.00 e. The molecule has 0 atom stereocenters. The normalized spacial score (nSPS) is 24.1. The maximum Gasteiger partial charge on any atom is 1.00 e. The van der Waals surface area contributed by atoms with Crippen LogP contribution in [0.3, 0.4) is 0 Å². The van der Waals surface area contributed by atoms with E-state index in [9.17, 15) is 4.39 Å². The zero-order valence-electron chi connectivity index (χ0n) is 11.0. The second kappa shape index (κ2) is 8.19. The van der Waals surface area contributed by atoms with Gasteiger partial charge in [-0.1, -0.05) is 32.6 Å². The van der Waals surface area contributed by atoms with Gasteiger partial charge in [-0.05, 0) is 24.7 Å². The predicted molar refractivity (Wildman–Crippen MR) is 64.7 cm³/mol. The van der Waals surface area contributed by atoms with E-state index in [1.165, 1.54) is 31.7 Å². The molecule has 17 heavy (non-hydrogen) atoms. The molecule has 1 aliphatic carbocycles. The SMILES string of the molecule is CC1CCC(CCc2cc[c-]cc2F)CC1.[Rb+]. The van der Waals surface area contributed by atoms with Gasteiger partial charge in [0, 0.05) is 5.82 Å². The molecule has 88 valence electrons. The summed E-state index contributed by atoms with van der Waals surface area (Å²) in [6.07, 6.45) is 7.42. The molecule has 0 aromatic heterocycles. The van der Waals surface area contributed by atoms with E-state index in [2.05, 4.69) is 13.0 Å². The van der Waals surface area contributed by atoms with Crippen molar-refractivity contribution in [1.29, 1.82) is 0 Å². The number of hydrogen-bond donors (Lipinski definition) is 0. The van der Waals surface area contributed by atoms with Gasteiger partial charge in [-0.2, -0.15) is 18.2 Å². The summed E-state index contributed by atoms with van der Waals surface area (Å²) < 4.78 is 13.4. The van der Waals surface area contributed by atoms with Gasteiger partial charge >= 0.3 is 58.2 Å². The topological polar surface area (TPSA) is 0 Å². The molecule has 1 aromatic rings. The van der Waals surface area contributed by atoms with Crippen molar-refractivity contribution in [3.8, 4) is 0 Å². The van der Waals surface area contributed by atoms with Gasteiger partial charge in [0.2, 0.25) is 0 Å². The number of benzene rings is 1. The summed E-state index contributed by atoms with van der Waals surface area (Å²) in [5.41, 5.74) is 0.859. The molecule has 1 fully saturated rings. The van der Waals surface area contributed by atoms with Crippen LogP contribution >= 0.6 is 0 Å². The molecule has 0 unspecified atom stereocenters. The Hall–Kier alpha value is 0.955. The minimum atomic E-state index is -0.0910. The number of aryl methyl sites for hydroxylation is 1. The third-order valence-electron chi connectivity index (χ3n) is 3.85. The minimum Gasteiger partial charge on any atom is -0.284 e. The van der Waals surface area contributed by atoms with E-state index in [0.29, 0.717) is 0 Å². The Morgan fingerprint density at radius 3 is 2.65 bits per heavy atom. The minimum absolute atomic E-state index is 0. The van der Waals surface area contributed by atoms with Crippen molar-refractivity contribution in [3.63, 3.8) is 0 Å². The Morgan fingerprint density at radius 1 is 1.29 bits per heavy atom. The van der Waals surface area contributed by atoms with Crippen LogP contribution in [0.1, 0.15) is 44.6 Å². The maximum absolute atomic E-state index is 13.4. The van der Waals surface area contributed by atoms with E-state index >= 15 is 0 Å². The standard InChI is InChI=1S/C15H20F.Rb/c1-12-6-8-13(9-7-12)10-11-14-4-2-3-5-15(14)16;/h2,4-5,12-13H,6-11H2,1H3;/q-1;+1. The van der Waals surface area contributed by atoms with E-state index < -0.39 is 0 Å². The predicted octanol–water partition coefficient (Wildman–Crippen LogP) is 1.39. The first-order valence-corrected chi connectivity index (χ1v) is 6.40. The van der Waals surface area contributed by atoms with Crippen molar-refractivity contribution < 1.29 is 62.6 Å². The molecule has 0 aliphatic heterocycles. The fourth-order valence-corrected chi connectivity index (χ4v) is 2.62. The summed E-state index contributed by atoms with van der Waals surface area (Å²) in [4.78, 5) is 0. The molecular weight excluding hydrogens is 285 g/mol. The average Bonchev–Trinajstić information content (AvgIpc) is 2.30. The first kappa shape index (κ1) is 16.0. The fourth-order valence-electron chi connectivity index (χ4n) is 2.62. The molecule has 2 rings (SSSR count). The average molecular weight is 305 g/mol. The summed E-state index contributed by atoms with van der Waals surface area (Å²) >= 11 is 0.